The van der Waals surface area contributed by atoms with Gasteiger partial charge in [-0.3, -0.25) is 4.79 Å². The third-order valence-corrected chi connectivity index (χ3v) is 4.53. The number of halogens is 1. The van der Waals surface area contributed by atoms with Crippen molar-refractivity contribution in [2.75, 3.05) is 6.61 Å². The second-order valence-corrected chi connectivity index (χ2v) is 6.22. The van der Waals surface area contributed by atoms with Gasteiger partial charge in [-0.1, -0.05) is 34.1 Å². The van der Waals surface area contributed by atoms with Gasteiger partial charge in [-0.2, -0.15) is 0 Å². The second kappa shape index (κ2) is 8.15. The highest BCUT2D eigenvalue weighted by Crippen LogP contribution is 2.32. The van der Waals surface area contributed by atoms with Crippen molar-refractivity contribution in [2.45, 2.75) is 11.9 Å². The molecule has 0 aliphatic carbocycles. The van der Waals surface area contributed by atoms with E-state index < -0.39 is 0 Å². The van der Waals surface area contributed by atoms with Gasteiger partial charge in [0.15, 0.2) is 12.5 Å². The number of ketones is 1. The van der Waals surface area contributed by atoms with Crippen LogP contribution in [0.4, 0.5) is 0 Å². The number of carbonyl (C=O) groups is 1. The van der Waals surface area contributed by atoms with Crippen LogP contribution in [0.5, 0.6) is 11.5 Å². The normalized spacial score (nSPS) is 12.5. The lowest BCUT2D eigenvalue weighted by Crippen LogP contribution is -2.19. The highest BCUT2D eigenvalue weighted by Gasteiger charge is 2.24. The first-order valence-corrected chi connectivity index (χ1v) is 9.05. The number of ether oxygens (including phenoxy) is 2. The molecule has 2 aromatic rings. The fourth-order valence-electron chi connectivity index (χ4n) is 2.54. The van der Waals surface area contributed by atoms with Gasteiger partial charge in [0.1, 0.15) is 11.5 Å². The first-order chi connectivity index (χ1) is 12.6. The molecule has 2 aromatic carbocycles. The van der Waals surface area contributed by atoms with Gasteiger partial charge in [-0.25, -0.2) is 4.79 Å². The third-order valence-electron chi connectivity index (χ3n) is 3.88. The van der Waals surface area contributed by atoms with Crippen molar-refractivity contribution in [3.63, 3.8) is 0 Å². The number of alkyl halides is 1. The zero-order valence-electron chi connectivity index (χ0n) is 13.8. The lowest BCUT2D eigenvalue weighted by molar-refractivity contribution is -0.117. The van der Waals surface area contributed by atoms with Crippen LogP contribution in [-0.2, 0) is 21.5 Å². The van der Waals surface area contributed by atoms with Crippen LogP contribution in [0.2, 0.25) is 0 Å². The second-order valence-electron chi connectivity index (χ2n) is 5.66. The van der Waals surface area contributed by atoms with Gasteiger partial charge in [-0.15, -0.1) is 0 Å². The van der Waals surface area contributed by atoms with E-state index in [9.17, 15) is 9.59 Å². The molecule has 6 heteroatoms. The number of hydrogen-bond acceptors (Lipinski definition) is 5. The van der Waals surface area contributed by atoms with E-state index >= 15 is 0 Å². The molecule has 0 amide bonds. The van der Waals surface area contributed by atoms with Crippen molar-refractivity contribution < 1.29 is 19.1 Å². The van der Waals surface area contributed by atoms with Crippen molar-refractivity contribution in [1.82, 2.24) is 0 Å². The molecule has 5 nitrogen and oxygen atoms in total. The average molecular weight is 414 g/mol. The smallest absolute Gasteiger partial charge is 0.221 e. The topological polar surface area (TPSA) is 78.6 Å². The van der Waals surface area contributed by atoms with Gasteiger partial charge >= 0.3 is 0 Å². The zero-order chi connectivity index (χ0) is 18.5. The van der Waals surface area contributed by atoms with Gasteiger partial charge in [-0.05, 0) is 41.5 Å². The Kier molecular flexibility index (Phi) is 5.68. The van der Waals surface area contributed by atoms with E-state index in [1.807, 2.05) is 30.3 Å². The summed E-state index contributed by atoms with van der Waals surface area (Å²) in [6, 6.07) is 12.7. The van der Waals surface area contributed by atoms with Crippen LogP contribution in [0.1, 0.15) is 16.7 Å². The number of carbonyl (C=O) groups excluding carboxylic acids is 2. The molecule has 26 heavy (non-hydrogen) atoms. The molecule has 0 fully saturated rings. The molecule has 0 spiro atoms. The molecule has 0 atom stereocenters. The summed E-state index contributed by atoms with van der Waals surface area (Å²) < 4.78 is 11.1. The highest BCUT2D eigenvalue weighted by atomic mass is 79.9. The molecule has 0 bridgehead atoms. The average Bonchev–Trinajstić information content (AvgIpc) is 2.70. The summed E-state index contributed by atoms with van der Waals surface area (Å²) in [5, 5.41) is 0.690. The molecule has 1 aliphatic heterocycles. The largest absolute Gasteiger partial charge is 0.485 e. The number of allylic oxidation sites excluding steroid dienone is 1. The predicted molar refractivity (Wildman–Crippen MR) is 102 cm³/mol. The maximum absolute atomic E-state index is 12.6. The zero-order valence-corrected chi connectivity index (χ0v) is 15.4. The Morgan fingerprint density at radius 2 is 2.04 bits per heavy atom. The maximum Gasteiger partial charge on any atom is 0.221 e. The minimum Gasteiger partial charge on any atom is -0.485 e. The lowest BCUT2D eigenvalue weighted by Gasteiger charge is -2.18. The number of rotatable bonds is 6. The number of Topliss-reactive ketones (excluding diaryl/α,β-unsaturated/α-hetero) is 1. The first-order valence-electron chi connectivity index (χ1n) is 7.93. The summed E-state index contributed by atoms with van der Waals surface area (Å²) in [6.07, 6.45) is 1.61. The molecule has 3 rings (SSSR count). The molecular weight excluding hydrogens is 398 g/mol. The minimum absolute atomic E-state index is 0.137. The Hall–Kier alpha value is -2.66. The fourth-order valence-corrected chi connectivity index (χ4v) is 2.89. The number of benzene rings is 2. The third kappa shape index (κ3) is 3.94. The van der Waals surface area contributed by atoms with E-state index in [0.717, 1.165) is 11.1 Å². The van der Waals surface area contributed by atoms with Gasteiger partial charge in [0.05, 0.1) is 5.57 Å². The van der Waals surface area contributed by atoms with Crippen LogP contribution in [0.15, 0.2) is 53.8 Å². The SMILES string of the molecule is NCc1ccc2c(c1)C=C(C(=O)COc1cccc(CBr)c1)C(=C=O)O2. The maximum atomic E-state index is 12.6. The molecule has 1 heterocycles. The summed E-state index contributed by atoms with van der Waals surface area (Å²) >= 11 is 3.38. The summed E-state index contributed by atoms with van der Waals surface area (Å²) in [7, 11) is 0. The summed E-state index contributed by atoms with van der Waals surface area (Å²) in [4.78, 5) is 23.8. The van der Waals surface area contributed by atoms with Gasteiger partial charge in [0, 0.05) is 17.4 Å². The van der Waals surface area contributed by atoms with Gasteiger partial charge in [0.2, 0.25) is 11.5 Å². The number of fused-ring (bicyclic) bond motifs is 1. The highest BCUT2D eigenvalue weighted by molar-refractivity contribution is 9.08. The van der Waals surface area contributed by atoms with Gasteiger partial charge < -0.3 is 15.2 Å². The standard InChI is InChI=1S/C20H16BrNO4/c21-9-13-2-1-3-16(7-13)25-12-18(24)17-8-15-6-14(10-22)4-5-19(15)26-20(17)11-23/h1-8H,9-10,12,22H2. The van der Waals surface area contributed by atoms with Crippen LogP contribution in [0.3, 0.4) is 0 Å². The van der Waals surface area contributed by atoms with Crippen LogP contribution in [0.25, 0.3) is 6.08 Å². The molecule has 2 N–H and O–H groups in total. The lowest BCUT2D eigenvalue weighted by atomic mass is 10.0. The van der Waals surface area contributed by atoms with Crippen molar-refractivity contribution in [2.24, 2.45) is 5.73 Å². The summed E-state index contributed by atoms with van der Waals surface area (Å²) in [5.41, 5.74) is 8.41. The van der Waals surface area contributed by atoms with E-state index in [1.54, 1.807) is 24.2 Å². The Balaban J connectivity index is 1.82. The molecule has 0 unspecified atom stereocenters. The fraction of sp³-hybridized carbons (Fsp3) is 0.150. The first kappa shape index (κ1) is 18.1. The molecule has 0 saturated heterocycles. The van der Waals surface area contributed by atoms with Crippen molar-refractivity contribution in [3.8, 4) is 11.5 Å². The van der Waals surface area contributed by atoms with Crippen LogP contribution in [0, 0.1) is 0 Å². The predicted octanol–water partition coefficient (Wildman–Crippen LogP) is 3.18. The van der Waals surface area contributed by atoms with Crippen LogP contribution in [-0.4, -0.2) is 18.3 Å². The monoisotopic (exact) mass is 413 g/mol. The molecule has 0 aromatic heterocycles. The number of nitrogens with two attached hydrogens (primary N) is 1. The summed E-state index contributed by atoms with van der Waals surface area (Å²) in [6.45, 7) is 0.159. The minimum atomic E-state index is -0.364. The molecule has 1 aliphatic rings. The Labute approximate surface area is 159 Å². The molecule has 0 radical (unpaired) electrons. The van der Waals surface area contributed by atoms with E-state index in [2.05, 4.69) is 15.9 Å². The van der Waals surface area contributed by atoms with E-state index in [1.165, 1.54) is 0 Å². The Morgan fingerprint density at radius 1 is 1.19 bits per heavy atom. The quantitative estimate of drug-likeness (QED) is 0.580. The van der Waals surface area contributed by atoms with Crippen LogP contribution < -0.4 is 15.2 Å². The molecule has 132 valence electrons. The van der Waals surface area contributed by atoms with Crippen molar-refractivity contribution in [1.29, 1.82) is 0 Å². The molecular formula is C20H16BrNO4. The Morgan fingerprint density at radius 3 is 2.77 bits per heavy atom. The van der Waals surface area contributed by atoms with E-state index in [4.69, 9.17) is 15.2 Å². The Bertz CT molecular complexity index is 929. The van der Waals surface area contributed by atoms with Crippen molar-refractivity contribution in [3.05, 3.63) is 70.5 Å². The van der Waals surface area contributed by atoms with E-state index in [0.29, 0.717) is 28.9 Å². The van der Waals surface area contributed by atoms with Gasteiger partial charge in [0.25, 0.3) is 0 Å². The van der Waals surface area contributed by atoms with E-state index in [-0.39, 0.29) is 23.7 Å². The summed E-state index contributed by atoms with van der Waals surface area (Å²) in [5.74, 6) is 2.25. The van der Waals surface area contributed by atoms with Crippen molar-refractivity contribution >= 4 is 33.7 Å². The molecule has 0 saturated carbocycles. The van der Waals surface area contributed by atoms with Crippen LogP contribution >= 0.6 is 15.9 Å². The number of hydrogen-bond donors (Lipinski definition) is 1.